The zero-order chi connectivity index (χ0) is 25.4. The van der Waals surface area contributed by atoms with Crippen molar-refractivity contribution in [3.8, 4) is 11.5 Å². The Kier molecular flexibility index (Phi) is 8.84. The minimum atomic E-state index is -3.66. The number of amides is 1. The van der Waals surface area contributed by atoms with E-state index in [1.165, 1.54) is 16.4 Å². The predicted octanol–water partition coefficient (Wildman–Crippen LogP) is 4.19. The molecule has 8 nitrogen and oxygen atoms in total. The molecule has 0 spiro atoms. The van der Waals surface area contributed by atoms with Crippen LogP contribution in [0, 0.1) is 0 Å². The first kappa shape index (κ1) is 26.2. The van der Waals surface area contributed by atoms with Gasteiger partial charge >= 0.3 is 0 Å². The normalized spacial score (nSPS) is 12.3. The van der Waals surface area contributed by atoms with E-state index in [1.54, 1.807) is 51.6 Å². The molecule has 35 heavy (non-hydrogen) atoms. The number of methoxy groups -OCH3 is 1. The lowest BCUT2D eigenvalue weighted by Crippen LogP contribution is -2.31. The van der Waals surface area contributed by atoms with Crippen molar-refractivity contribution in [1.29, 1.82) is 0 Å². The Bertz CT molecular complexity index is 1240. The molecule has 0 saturated heterocycles. The van der Waals surface area contributed by atoms with Gasteiger partial charge in [-0.1, -0.05) is 26.0 Å². The second kappa shape index (κ2) is 11.8. The number of rotatable bonds is 11. The molecule has 0 radical (unpaired) electrons. The summed E-state index contributed by atoms with van der Waals surface area (Å²) in [5, 5.41) is 2.93. The number of nitrogens with one attached hydrogen (secondary N) is 1. The van der Waals surface area contributed by atoms with Crippen LogP contribution in [0.25, 0.3) is 0 Å². The molecular weight excluding hydrogens is 466 g/mol. The Labute approximate surface area is 207 Å². The second-order valence-corrected chi connectivity index (χ2v) is 9.80. The third kappa shape index (κ3) is 6.37. The molecule has 0 bridgehead atoms. The van der Waals surface area contributed by atoms with Gasteiger partial charge < -0.3 is 14.8 Å². The first-order chi connectivity index (χ1) is 16.8. The number of nitrogens with zero attached hydrogens (tertiary/aromatic N) is 2. The molecule has 0 aliphatic carbocycles. The van der Waals surface area contributed by atoms with Crippen LogP contribution in [0.2, 0.25) is 0 Å². The highest BCUT2D eigenvalue weighted by Gasteiger charge is 2.23. The van der Waals surface area contributed by atoms with E-state index in [2.05, 4.69) is 10.3 Å². The third-order valence-corrected chi connectivity index (χ3v) is 7.66. The monoisotopic (exact) mass is 497 g/mol. The third-order valence-electron chi connectivity index (χ3n) is 5.62. The van der Waals surface area contributed by atoms with Gasteiger partial charge in [-0.2, -0.15) is 4.31 Å². The summed E-state index contributed by atoms with van der Waals surface area (Å²) in [7, 11) is -2.10. The zero-order valence-corrected chi connectivity index (χ0v) is 21.2. The first-order valence-electron chi connectivity index (χ1n) is 11.4. The van der Waals surface area contributed by atoms with Crippen molar-refractivity contribution in [3.63, 3.8) is 0 Å². The van der Waals surface area contributed by atoms with Crippen molar-refractivity contribution in [2.75, 3.05) is 20.2 Å². The topological polar surface area (TPSA) is 97.8 Å². The van der Waals surface area contributed by atoms with Gasteiger partial charge in [0.25, 0.3) is 5.91 Å². The first-order valence-corrected chi connectivity index (χ1v) is 12.8. The van der Waals surface area contributed by atoms with Crippen LogP contribution in [0.4, 0.5) is 0 Å². The average molecular weight is 498 g/mol. The number of benzene rings is 2. The second-order valence-electron chi connectivity index (χ2n) is 7.87. The van der Waals surface area contributed by atoms with Crippen LogP contribution in [0.3, 0.4) is 0 Å². The van der Waals surface area contributed by atoms with E-state index in [0.717, 1.165) is 11.1 Å². The number of carbonyl (C=O) groups excluding carboxylic acids is 1. The molecule has 9 heteroatoms. The molecule has 1 N–H and O–H groups in total. The van der Waals surface area contributed by atoms with Crippen LogP contribution >= 0.6 is 0 Å². The smallest absolute Gasteiger partial charge is 0.251 e. The summed E-state index contributed by atoms with van der Waals surface area (Å²) in [6.07, 6.45) is 3.41. The van der Waals surface area contributed by atoms with Gasteiger partial charge in [-0.25, -0.2) is 8.42 Å². The molecule has 0 aliphatic rings. The molecule has 2 aromatic carbocycles. The summed E-state index contributed by atoms with van der Waals surface area (Å²) >= 11 is 0. The van der Waals surface area contributed by atoms with E-state index in [4.69, 9.17) is 9.47 Å². The van der Waals surface area contributed by atoms with Crippen molar-refractivity contribution >= 4 is 15.9 Å². The average Bonchev–Trinajstić information content (AvgIpc) is 2.88. The highest BCUT2D eigenvalue weighted by atomic mass is 32.2. The Morgan fingerprint density at radius 3 is 2.40 bits per heavy atom. The molecule has 0 aliphatic heterocycles. The Hall–Kier alpha value is -3.43. The van der Waals surface area contributed by atoms with Gasteiger partial charge in [0.05, 0.1) is 18.0 Å². The maximum absolute atomic E-state index is 12.9. The summed E-state index contributed by atoms with van der Waals surface area (Å²) in [4.78, 5) is 17.0. The highest BCUT2D eigenvalue weighted by molar-refractivity contribution is 7.89. The lowest BCUT2D eigenvalue weighted by Gasteiger charge is -2.19. The molecule has 186 valence electrons. The summed E-state index contributed by atoms with van der Waals surface area (Å²) in [5.74, 6) is 0.761. The molecule has 0 fully saturated rings. The summed E-state index contributed by atoms with van der Waals surface area (Å²) in [6.45, 7) is 6.50. The van der Waals surface area contributed by atoms with Crippen molar-refractivity contribution in [1.82, 2.24) is 14.6 Å². The van der Waals surface area contributed by atoms with Crippen LogP contribution in [0.15, 0.2) is 71.9 Å². The fourth-order valence-electron chi connectivity index (χ4n) is 3.59. The van der Waals surface area contributed by atoms with Crippen molar-refractivity contribution in [2.45, 2.75) is 38.3 Å². The van der Waals surface area contributed by atoms with Crippen LogP contribution in [-0.2, 0) is 16.6 Å². The van der Waals surface area contributed by atoms with Crippen molar-refractivity contribution < 1.29 is 22.7 Å². The van der Waals surface area contributed by atoms with Gasteiger partial charge in [0.1, 0.15) is 6.61 Å². The van der Waals surface area contributed by atoms with Crippen LogP contribution in [-0.4, -0.2) is 43.8 Å². The minimum absolute atomic E-state index is 0.0962. The SMILES string of the molecule is CCN(CC)S(=O)(=O)c1cccc(C(=O)NC(C)c2ccc(OCc3ccncc3)c(OC)c2)c1. The Morgan fingerprint density at radius 2 is 1.74 bits per heavy atom. The number of hydrogen-bond donors (Lipinski definition) is 1. The largest absolute Gasteiger partial charge is 0.493 e. The maximum atomic E-state index is 12.9. The van der Waals surface area contributed by atoms with E-state index >= 15 is 0 Å². The summed E-state index contributed by atoms with van der Waals surface area (Å²) in [6, 6.07) is 15.0. The van der Waals surface area contributed by atoms with Gasteiger partial charge in [-0.15, -0.1) is 0 Å². The molecule has 3 rings (SSSR count). The number of carbonyl (C=O) groups is 1. The number of ether oxygens (including phenoxy) is 2. The molecule has 0 saturated carbocycles. The zero-order valence-electron chi connectivity index (χ0n) is 20.4. The van der Waals surface area contributed by atoms with Gasteiger partial charge in [0.2, 0.25) is 10.0 Å². The number of pyridine rings is 1. The van der Waals surface area contributed by atoms with Gasteiger partial charge in [0.15, 0.2) is 11.5 Å². The van der Waals surface area contributed by atoms with Gasteiger partial charge in [-0.05, 0) is 60.5 Å². The maximum Gasteiger partial charge on any atom is 0.251 e. The number of sulfonamides is 1. The fraction of sp³-hybridized carbons (Fsp3) is 0.308. The molecule has 1 amide bonds. The Morgan fingerprint density at radius 1 is 1.03 bits per heavy atom. The molecule has 1 aromatic heterocycles. The van der Waals surface area contributed by atoms with Gasteiger partial charge in [0, 0.05) is 31.0 Å². The van der Waals surface area contributed by atoms with E-state index in [-0.39, 0.29) is 22.4 Å². The van der Waals surface area contributed by atoms with Crippen molar-refractivity contribution in [2.24, 2.45) is 0 Å². The minimum Gasteiger partial charge on any atom is -0.493 e. The predicted molar refractivity (Wildman–Crippen MR) is 134 cm³/mol. The molecule has 1 unspecified atom stereocenters. The molecule has 1 heterocycles. The lowest BCUT2D eigenvalue weighted by molar-refractivity contribution is 0.0939. The van der Waals surface area contributed by atoms with Crippen LogP contribution in [0.1, 0.15) is 48.3 Å². The highest BCUT2D eigenvalue weighted by Crippen LogP contribution is 2.31. The van der Waals surface area contributed by atoms with E-state index in [9.17, 15) is 13.2 Å². The lowest BCUT2D eigenvalue weighted by atomic mass is 10.1. The van der Waals surface area contributed by atoms with Crippen LogP contribution in [0.5, 0.6) is 11.5 Å². The van der Waals surface area contributed by atoms with Gasteiger partial charge in [-0.3, -0.25) is 9.78 Å². The Balaban J connectivity index is 1.72. The van der Waals surface area contributed by atoms with E-state index in [0.29, 0.717) is 31.2 Å². The molecule has 3 aromatic rings. The van der Waals surface area contributed by atoms with Crippen molar-refractivity contribution in [3.05, 3.63) is 83.7 Å². The van der Waals surface area contributed by atoms with Crippen LogP contribution < -0.4 is 14.8 Å². The molecular formula is C26H31N3O5S. The van der Waals surface area contributed by atoms with E-state index < -0.39 is 10.0 Å². The standard InChI is InChI=1S/C26H31N3O5S/c1-5-29(6-2)35(31,32)23-9-7-8-22(16-23)26(30)28-19(3)21-10-11-24(25(17-21)33-4)34-18-20-12-14-27-15-13-20/h7-17,19H,5-6,18H2,1-4H3,(H,28,30). The fourth-order valence-corrected chi connectivity index (χ4v) is 5.09. The molecule has 1 atom stereocenters. The summed E-state index contributed by atoms with van der Waals surface area (Å²) < 4.78 is 38.4. The quantitative estimate of drug-likeness (QED) is 0.427. The number of hydrogen-bond acceptors (Lipinski definition) is 6. The van der Waals surface area contributed by atoms with E-state index in [1.807, 2.05) is 31.2 Å². The summed E-state index contributed by atoms with van der Waals surface area (Å²) in [5.41, 5.74) is 2.07. The number of aromatic nitrogens is 1.